The van der Waals surface area contributed by atoms with Crippen molar-refractivity contribution < 1.29 is 14.3 Å². The number of aryl methyl sites for hydroxylation is 1. The minimum Gasteiger partial charge on any atom is -0.452 e. The summed E-state index contributed by atoms with van der Waals surface area (Å²) in [7, 11) is 1.74. The fraction of sp³-hybridized carbons (Fsp3) is 0.353. The molecular formula is C17H21N3O3S. The lowest BCUT2D eigenvalue weighted by Crippen LogP contribution is -2.29. The number of thioether (sulfide) groups is 1. The van der Waals surface area contributed by atoms with E-state index >= 15 is 0 Å². The van der Waals surface area contributed by atoms with Gasteiger partial charge in [-0.3, -0.25) is 9.48 Å². The van der Waals surface area contributed by atoms with E-state index in [0.29, 0.717) is 17.8 Å². The summed E-state index contributed by atoms with van der Waals surface area (Å²) >= 11 is 1.75. The maximum atomic E-state index is 11.9. The topological polar surface area (TPSA) is 73.2 Å². The van der Waals surface area contributed by atoms with E-state index in [1.807, 2.05) is 18.2 Å². The Morgan fingerprint density at radius 1 is 1.29 bits per heavy atom. The number of carbonyl (C=O) groups is 2. The molecule has 1 amide bonds. The van der Waals surface area contributed by atoms with E-state index in [9.17, 15) is 9.59 Å². The first-order chi connectivity index (χ1) is 11.6. The van der Waals surface area contributed by atoms with Crippen LogP contribution in [0.3, 0.4) is 0 Å². The highest BCUT2D eigenvalue weighted by atomic mass is 32.2. The fourth-order valence-electron chi connectivity index (χ4n) is 1.97. The standard InChI is InChI=1S/C17H21N3O3S/c1-13-15(11-19-20(13)2)17(22)23-12-16(21)18-9-6-10-24-14-7-4-3-5-8-14/h3-5,7-8,11H,6,9-10,12H2,1-2H3,(H,18,21). The molecule has 1 aromatic carbocycles. The quantitative estimate of drug-likeness (QED) is 0.450. The van der Waals surface area contributed by atoms with Crippen molar-refractivity contribution in [2.75, 3.05) is 18.9 Å². The molecule has 0 unspecified atom stereocenters. The molecule has 7 heteroatoms. The number of benzene rings is 1. The van der Waals surface area contributed by atoms with E-state index in [0.717, 1.165) is 12.2 Å². The van der Waals surface area contributed by atoms with Crippen LogP contribution in [0.4, 0.5) is 0 Å². The second kappa shape index (κ2) is 9.12. The summed E-state index contributed by atoms with van der Waals surface area (Å²) in [6.45, 7) is 2.05. The second-order valence-corrected chi connectivity index (χ2v) is 6.38. The molecule has 2 rings (SSSR count). The summed E-state index contributed by atoms with van der Waals surface area (Å²) in [5.74, 6) is 0.0869. The highest BCUT2D eigenvalue weighted by Gasteiger charge is 2.15. The van der Waals surface area contributed by atoms with Gasteiger partial charge in [-0.15, -0.1) is 11.8 Å². The number of hydrogen-bond acceptors (Lipinski definition) is 5. The highest BCUT2D eigenvalue weighted by Crippen LogP contribution is 2.17. The average molecular weight is 347 g/mol. The number of aromatic nitrogens is 2. The molecule has 0 saturated heterocycles. The third-order valence-electron chi connectivity index (χ3n) is 3.44. The molecule has 1 N–H and O–H groups in total. The molecule has 6 nitrogen and oxygen atoms in total. The van der Waals surface area contributed by atoms with Crippen LogP contribution in [-0.4, -0.2) is 40.6 Å². The van der Waals surface area contributed by atoms with E-state index in [1.165, 1.54) is 11.1 Å². The zero-order valence-corrected chi connectivity index (χ0v) is 14.6. The van der Waals surface area contributed by atoms with E-state index in [1.54, 1.807) is 30.4 Å². The van der Waals surface area contributed by atoms with Crippen molar-refractivity contribution in [3.8, 4) is 0 Å². The molecule has 0 bridgehead atoms. The molecule has 2 aromatic rings. The Labute approximate surface area is 145 Å². The van der Waals surface area contributed by atoms with Crippen LogP contribution in [0.1, 0.15) is 22.5 Å². The SMILES string of the molecule is Cc1c(C(=O)OCC(=O)NCCCSc2ccccc2)cnn1C. The molecule has 0 aliphatic rings. The van der Waals surface area contributed by atoms with Gasteiger partial charge in [-0.25, -0.2) is 4.79 Å². The van der Waals surface area contributed by atoms with Crippen molar-refractivity contribution in [1.82, 2.24) is 15.1 Å². The van der Waals surface area contributed by atoms with Crippen molar-refractivity contribution in [3.63, 3.8) is 0 Å². The van der Waals surface area contributed by atoms with Gasteiger partial charge < -0.3 is 10.1 Å². The molecular weight excluding hydrogens is 326 g/mol. The summed E-state index contributed by atoms with van der Waals surface area (Å²) < 4.78 is 6.59. The third-order valence-corrected chi connectivity index (χ3v) is 4.54. The zero-order chi connectivity index (χ0) is 17.4. The number of nitrogens with one attached hydrogen (secondary N) is 1. The van der Waals surface area contributed by atoms with E-state index < -0.39 is 5.97 Å². The molecule has 0 fully saturated rings. The number of carbonyl (C=O) groups excluding carboxylic acids is 2. The second-order valence-electron chi connectivity index (χ2n) is 5.21. The van der Waals surface area contributed by atoms with Gasteiger partial charge in [-0.1, -0.05) is 18.2 Å². The van der Waals surface area contributed by atoms with E-state index in [-0.39, 0.29) is 12.5 Å². The predicted octanol–water partition coefficient (Wildman–Crippen LogP) is 2.18. The van der Waals surface area contributed by atoms with Gasteiger partial charge in [0, 0.05) is 24.2 Å². The number of nitrogens with zero attached hydrogens (tertiary/aromatic N) is 2. The van der Waals surface area contributed by atoms with Crippen LogP contribution in [-0.2, 0) is 16.6 Å². The lowest BCUT2D eigenvalue weighted by Gasteiger charge is -2.06. The molecule has 0 aliphatic heterocycles. The molecule has 0 aliphatic carbocycles. The molecule has 0 saturated carbocycles. The monoisotopic (exact) mass is 347 g/mol. The first-order valence-corrected chi connectivity index (χ1v) is 8.66. The van der Waals surface area contributed by atoms with Gasteiger partial charge >= 0.3 is 5.97 Å². The lowest BCUT2D eigenvalue weighted by molar-refractivity contribution is -0.124. The Bertz CT molecular complexity index is 686. The number of amides is 1. The van der Waals surface area contributed by atoms with Crippen LogP contribution in [0, 0.1) is 6.92 Å². The van der Waals surface area contributed by atoms with Crippen LogP contribution in [0.5, 0.6) is 0 Å². The van der Waals surface area contributed by atoms with Crippen molar-refractivity contribution in [2.45, 2.75) is 18.2 Å². The van der Waals surface area contributed by atoms with Gasteiger partial charge in [0.25, 0.3) is 5.91 Å². The Balaban J connectivity index is 1.60. The number of rotatable bonds is 8. The summed E-state index contributed by atoms with van der Waals surface area (Å²) in [6.07, 6.45) is 2.29. The number of esters is 1. The highest BCUT2D eigenvalue weighted by molar-refractivity contribution is 7.99. The maximum Gasteiger partial charge on any atom is 0.342 e. The lowest BCUT2D eigenvalue weighted by atomic mass is 10.3. The summed E-state index contributed by atoms with van der Waals surface area (Å²) in [5.41, 5.74) is 1.09. The minimum absolute atomic E-state index is 0.279. The molecule has 128 valence electrons. The third kappa shape index (κ3) is 5.42. The largest absolute Gasteiger partial charge is 0.452 e. The van der Waals surface area contributed by atoms with Gasteiger partial charge in [0.2, 0.25) is 0 Å². The first-order valence-electron chi connectivity index (χ1n) is 7.68. The Hall–Kier alpha value is -2.28. The van der Waals surface area contributed by atoms with Crippen LogP contribution < -0.4 is 5.32 Å². The van der Waals surface area contributed by atoms with Crippen LogP contribution in [0.2, 0.25) is 0 Å². The van der Waals surface area contributed by atoms with Gasteiger partial charge in [-0.05, 0) is 31.2 Å². The molecule has 0 spiro atoms. The normalized spacial score (nSPS) is 10.4. The number of ether oxygens (including phenoxy) is 1. The Kier molecular flexibility index (Phi) is 6.87. The van der Waals surface area contributed by atoms with Crippen LogP contribution >= 0.6 is 11.8 Å². The number of hydrogen-bond donors (Lipinski definition) is 1. The maximum absolute atomic E-state index is 11.9. The van der Waals surface area contributed by atoms with Crippen LogP contribution in [0.15, 0.2) is 41.4 Å². The molecule has 1 aromatic heterocycles. The summed E-state index contributed by atoms with van der Waals surface area (Å²) in [6, 6.07) is 10.1. The average Bonchev–Trinajstić information content (AvgIpc) is 2.92. The molecule has 24 heavy (non-hydrogen) atoms. The Morgan fingerprint density at radius 3 is 2.71 bits per heavy atom. The molecule has 1 heterocycles. The van der Waals surface area contributed by atoms with E-state index in [4.69, 9.17) is 4.74 Å². The zero-order valence-electron chi connectivity index (χ0n) is 13.8. The minimum atomic E-state index is -0.532. The first kappa shape index (κ1) is 18.1. The van der Waals surface area contributed by atoms with Crippen molar-refractivity contribution in [1.29, 1.82) is 0 Å². The van der Waals surface area contributed by atoms with Crippen molar-refractivity contribution >= 4 is 23.6 Å². The van der Waals surface area contributed by atoms with E-state index in [2.05, 4.69) is 22.5 Å². The van der Waals surface area contributed by atoms with Gasteiger partial charge in [-0.2, -0.15) is 5.10 Å². The smallest absolute Gasteiger partial charge is 0.342 e. The predicted molar refractivity (Wildman–Crippen MR) is 93.0 cm³/mol. The van der Waals surface area contributed by atoms with Gasteiger partial charge in [0.05, 0.1) is 6.20 Å². The van der Waals surface area contributed by atoms with Crippen molar-refractivity contribution in [2.24, 2.45) is 7.05 Å². The summed E-state index contributed by atoms with van der Waals surface area (Å²) in [5, 5.41) is 6.72. The molecule has 0 atom stereocenters. The van der Waals surface area contributed by atoms with Crippen molar-refractivity contribution in [3.05, 3.63) is 47.8 Å². The van der Waals surface area contributed by atoms with Gasteiger partial charge in [0.1, 0.15) is 5.56 Å². The van der Waals surface area contributed by atoms with Crippen LogP contribution in [0.25, 0.3) is 0 Å². The Morgan fingerprint density at radius 2 is 2.04 bits per heavy atom. The fourth-order valence-corrected chi connectivity index (χ4v) is 2.84. The van der Waals surface area contributed by atoms with Gasteiger partial charge in [0.15, 0.2) is 6.61 Å². The summed E-state index contributed by atoms with van der Waals surface area (Å²) in [4.78, 5) is 24.8. The molecule has 0 radical (unpaired) electrons.